The fourth-order valence-corrected chi connectivity index (χ4v) is 4.46. The maximum absolute atomic E-state index is 12.6. The summed E-state index contributed by atoms with van der Waals surface area (Å²) >= 11 is 3.13. The normalized spacial score (nSPS) is 16.4. The van der Waals surface area contributed by atoms with E-state index in [0.717, 1.165) is 12.8 Å². The molecule has 1 aromatic heterocycles. The molecule has 2 rings (SSSR count). The first-order chi connectivity index (χ1) is 8.48. The Morgan fingerprint density at radius 3 is 2.67 bits per heavy atom. The number of ether oxygens (including phenoxy) is 1. The number of hydrogen-bond acceptors (Lipinski definition) is 5. The molecule has 7 nitrogen and oxygen atoms in total. The van der Waals surface area contributed by atoms with E-state index in [2.05, 4.69) is 26.2 Å². The second-order valence-electron chi connectivity index (χ2n) is 4.15. The van der Waals surface area contributed by atoms with Crippen LogP contribution in [0.25, 0.3) is 0 Å². The predicted molar refractivity (Wildman–Crippen MR) is 67.5 cm³/mol. The first-order valence-electron chi connectivity index (χ1n) is 5.54. The molecular weight excluding hydrogens is 324 g/mol. The monoisotopic (exact) mass is 338 g/mol. The smallest absolute Gasteiger partial charge is 0.263 e. The molecule has 18 heavy (non-hydrogen) atoms. The fourth-order valence-electron chi connectivity index (χ4n) is 1.75. The van der Waals surface area contributed by atoms with Gasteiger partial charge in [0, 0.05) is 26.7 Å². The van der Waals surface area contributed by atoms with Crippen LogP contribution in [0.4, 0.5) is 0 Å². The molecule has 0 N–H and O–H groups in total. The molecule has 0 saturated heterocycles. The minimum atomic E-state index is -3.58. The lowest BCUT2D eigenvalue weighted by atomic mass is 10.6. The number of methoxy groups -OCH3 is 1. The summed E-state index contributed by atoms with van der Waals surface area (Å²) in [6, 6.07) is 0.0759. The average molecular weight is 339 g/mol. The van der Waals surface area contributed by atoms with Gasteiger partial charge in [-0.3, -0.25) is 0 Å². The number of aryl methyl sites for hydroxylation is 1. The zero-order valence-electron chi connectivity index (χ0n) is 10.2. The number of hydrogen-bond donors (Lipinski definition) is 0. The minimum absolute atomic E-state index is 0.0759. The van der Waals surface area contributed by atoms with Crippen LogP contribution in [-0.2, 0) is 21.8 Å². The summed E-state index contributed by atoms with van der Waals surface area (Å²) in [5.74, 6) is 0. The van der Waals surface area contributed by atoms with Gasteiger partial charge in [0.25, 0.3) is 10.0 Å². The van der Waals surface area contributed by atoms with Gasteiger partial charge in [0.15, 0.2) is 4.60 Å². The van der Waals surface area contributed by atoms with Gasteiger partial charge in [-0.2, -0.15) is 4.31 Å². The fraction of sp³-hybridized carbons (Fsp3) is 0.778. The molecule has 1 heterocycles. The molecule has 1 fully saturated rings. The molecule has 0 aromatic carbocycles. The third-order valence-corrected chi connectivity index (χ3v) is 5.60. The van der Waals surface area contributed by atoms with Crippen LogP contribution >= 0.6 is 15.9 Å². The van der Waals surface area contributed by atoms with Gasteiger partial charge in [-0.05, 0) is 28.8 Å². The highest BCUT2D eigenvalue weighted by Gasteiger charge is 2.40. The van der Waals surface area contributed by atoms with Gasteiger partial charge in [0.2, 0.25) is 5.03 Å². The van der Waals surface area contributed by atoms with E-state index >= 15 is 0 Å². The molecule has 0 atom stereocenters. The van der Waals surface area contributed by atoms with E-state index in [-0.39, 0.29) is 15.7 Å². The second-order valence-corrected chi connectivity index (χ2v) is 6.71. The van der Waals surface area contributed by atoms with Gasteiger partial charge >= 0.3 is 0 Å². The molecule has 9 heteroatoms. The number of rotatable bonds is 6. The van der Waals surface area contributed by atoms with Crippen molar-refractivity contribution in [2.24, 2.45) is 7.05 Å². The Labute approximate surface area is 114 Å². The van der Waals surface area contributed by atoms with Crippen LogP contribution in [0.1, 0.15) is 12.8 Å². The third kappa shape index (κ3) is 2.58. The van der Waals surface area contributed by atoms with Crippen molar-refractivity contribution in [2.75, 3.05) is 20.3 Å². The van der Waals surface area contributed by atoms with Crippen LogP contribution in [-0.4, -0.2) is 54.0 Å². The summed E-state index contributed by atoms with van der Waals surface area (Å²) in [7, 11) is -0.467. The molecule has 1 aliphatic carbocycles. The molecule has 0 bridgehead atoms. The van der Waals surface area contributed by atoms with Gasteiger partial charge in [0.05, 0.1) is 6.61 Å². The molecule has 1 aromatic rings. The van der Waals surface area contributed by atoms with E-state index in [9.17, 15) is 8.42 Å². The van der Waals surface area contributed by atoms with Crippen LogP contribution in [0.5, 0.6) is 0 Å². The van der Waals surface area contributed by atoms with Crippen molar-refractivity contribution >= 4 is 26.0 Å². The highest BCUT2D eigenvalue weighted by atomic mass is 79.9. The first kappa shape index (κ1) is 13.9. The van der Waals surface area contributed by atoms with Crippen LogP contribution in [0.15, 0.2) is 9.63 Å². The lowest BCUT2D eigenvalue weighted by Crippen LogP contribution is -2.37. The molecule has 0 aliphatic heterocycles. The van der Waals surface area contributed by atoms with Crippen molar-refractivity contribution < 1.29 is 13.2 Å². The van der Waals surface area contributed by atoms with Gasteiger partial charge in [-0.15, -0.1) is 5.10 Å². The second kappa shape index (κ2) is 5.24. The topological polar surface area (TPSA) is 77.3 Å². The Kier molecular flexibility index (Phi) is 4.05. The summed E-state index contributed by atoms with van der Waals surface area (Å²) in [5, 5.41) is 7.51. The van der Waals surface area contributed by atoms with E-state index in [1.807, 2.05) is 0 Å². The van der Waals surface area contributed by atoms with Gasteiger partial charge in [-0.25, -0.2) is 13.1 Å². The summed E-state index contributed by atoms with van der Waals surface area (Å²) in [4.78, 5) is 0. The molecule has 0 amide bonds. The largest absolute Gasteiger partial charge is 0.383 e. The number of halogens is 1. The molecule has 1 aliphatic rings. The zero-order chi connectivity index (χ0) is 13.3. The Morgan fingerprint density at radius 1 is 1.56 bits per heavy atom. The molecule has 0 spiro atoms. The maximum Gasteiger partial charge on any atom is 0.263 e. The van der Waals surface area contributed by atoms with Crippen LogP contribution < -0.4 is 0 Å². The predicted octanol–water partition coefficient (Wildman–Crippen LogP) is 0.377. The lowest BCUT2D eigenvalue weighted by Gasteiger charge is -2.21. The number of sulfonamides is 1. The quantitative estimate of drug-likeness (QED) is 0.749. The zero-order valence-corrected chi connectivity index (χ0v) is 12.6. The Hall–Kier alpha value is -0.510. The van der Waals surface area contributed by atoms with Crippen molar-refractivity contribution in [2.45, 2.75) is 23.9 Å². The van der Waals surface area contributed by atoms with E-state index in [1.54, 1.807) is 14.2 Å². The van der Waals surface area contributed by atoms with E-state index in [1.165, 1.54) is 8.99 Å². The van der Waals surface area contributed by atoms with Crippen molar-refractivity contribution in [3.63, 3.8) is 0 Å². The highest BCUT2D eigenvalue weighted by Crippen LogP contribution is 2.33. The summed E-state index contributed by atoms with van der Waals surface area (Å²) in [6.45, 7) is 0.722. The molecule has 0 radical (unpaired) electrons. The molecule has 0 unspecified atom stereocenters. The van der Waals surface area contributed by atoms with E-state index in [0.29, 0.717) is 13.2 Å². The number of aromatic nitrogens is 3. The van der Waals surface area contributed by atoms with E-state index < -0.39 is 10.0 Å². The summed E-state index contributed by atoms with van der Waals surface area (Å²) in [6.07, 6.45) is 1.79. The van der Waals surface area contributed by atoms with Gasteiger partial charge < -0.3 is 4.74 Å². The number of nitrogens with zero attached hydrogens (tertiary/aromatic N) is 4. The average Bonchev–Trinajstić information content (AvgIpc) is 3.05. The van der Waals surface area contributed by atoms with Crippen molar-refractivity contribution in [3.8, 4) is 0 Å². The molecule has 1 saturated carbocycles. The van der Waals surface area contributed by atoms with Crippen molar-refractivity contribution in [1.82, 2.24) is 19.3 Å². The summed E-state index contributed by atoms with van der Waals surface area (Å²) < 4.78 is 33.1. The van der Waals surface area contributed by atoms with Crippen LogP contribution in [0, 0.1) is 0 Å². The molecular formula is C9H15BrN4O3S. The van der Waals surface area contributed by atoms with E-state index in [4.69, 9.17) is 4.74 Å². The highest BCUT2D eigenvalue weighted by molar-refractivity contribution is 9.10. The Morgan fingerprint density at radius 2 is 2.22 bits per heavy atom. The van der Waals surface area contributed by atoms with Gasteiger partial charge in [-0.1, -0.05) is 5.21 Å². The first-order valence-corrected chi connectivity index (χ1v) is 7.77. The minimum Gasteiger partial charge on any atom is -0.383 e. The Balaban J connectivity index is 2.33. The SMILES string of the molecule is COCCN(C1CC1)S(=O)(=O)c1c(Br)nnn1C. The van der Waals surface area contributed by atoms with Crippen LogP contribution in [0.3, 0.4) is 0 Å². The standard InChI is InChI=1S/C9H15BrN4O3S/c1-13-9(8(10)11-12-13)18(15,16)14(5-6-17-2)7-3-4-7/h7H,3-6H2,1-2H3. The van der Waals surface area contributed by atoms with Crippen molar-refractivity contribution in [1.29, 1.82) is 0 Å². The maximum atomic E-state index is 12.6. The lowest BCUT2D eigenvalue weighted by molar-refractivity contribution is 0.177. The third-order valence-electron chi connectivity index (χ3n) is 2.76. The van der Waals surface area contributed by atoms with Crippen molar-refractivity contribution in [3.05, 3.63) is 4.60 Å². The van der Waals surface area contributed by atoms with Gasteiger partial charge in [0.1, 0.15) is 0 Å². The summed E-state index contributed by atoms with van der Waals surface area (Å²) in [5.41, 5.74) is 0. The Bertz CT molecular complexity index is 506. The van der Waals surface area contributed by atoms with Crippen LogP contribution in [0.2, 0.25) is 0 Å². The molecule has 102 valence electrons.